The third-order valence-electron chi connectivity index (χ3n) is 2.92. The normalized spacial score (nSPS) is 22.1. The van der Waals surface area contributed by atoms with E-state index < -0.39 is 6.04 Å². The van der Waals surface area contributed by atoms with Crippen LogP contribution < -0.4 is 16.0 Å². The van der Waals surface area contributed by atoms with E-state index in [0.29, 0.717) is 6.54 Å². The molecule has 0 spiro atoms. The molecule has 0 aromatic heterocycles. The van der Waals surface area contributed by atoms with Crippen molar-refractivity contribution in [1.29, 1.82) is 0 Å². The molecule has 0 aromatic rings. The van der Waals surface area contributed by atoms with Gasteiger partial charge in [0, 0.05) is 12.1 Å². The second kappa shape index (κ2) is 6.18. The van der Waals surface area contributed by atoms with Gasteiger partial charge in [-0.2, -0.15) is 0 Å². The van der Waals surface area contributed by atoms with Crippen LogP contribution in [0.3, 0.4) is 0 Å². The van der Waals surface area contributed by atoms with Crippen LogP contribution >= 0.6 is 0 Å². The van der Waals surface area contributed by atoms with Crippen LogP contribution in [0.15, 0.2) is 0 Å². The van der Waals surface area contributed by atoms with Crippen molar-refractivity contribution in [2.75, 3.05) is 13.1 Å². The number of hydrogen-bond donors (Lipinski definition) is 3. The molecule has 0 saturated carbocycles. The van der Waals surface area contributed by atoms with Crippen LogP contribution in [-0.2, 0) is 9.59 Å². The largest absolute Gasteiger partial charge is 0.350 e. The fraction of sp³-hybridized carbons (Fsp3) is 0.846. The van der Waals surface area contributed by atoms with Crippen LogP contribution in [0.2, 0.25) is 0 Å². The lowest BCUT2D eigenvalue weighted by Gasteiger charge is -2.26. The third-order valence-corrected chi connectivity index (χ3v) is 2.92. The number of nitrogens with one attached hydrogen (secondary N) is 3. The van der Waals surface area contributed by atoms with Gasteiger partial charge in [-0.15, -0.1) is 0 Å². The van der Waals surface area contributed by atoms with Crippen LogP contribution in [0.5, 0.6) is 0 Å². The zero-order valence-electron chi connectivity index (χ0n) is 11.8. The lowest BCUT2D eigenvalue weighted by atomic mass is 9.98. The maximum Gasteiger partial charge on any atom is 0.242 e. The highest BCUT2D eigenvalue weighted by molar-refractivity contribution is 5.88. The van der Waals surface area contributed by atoms with Crippen LogP contribution in [0.25, 0.3) is 0 Å². The number of piperidine rings is 1. The minimum atomic E-state index is -0.487. The first-order chi connectivity index (χ1) is 8.29. The molecule has 1 fully saturated rings. The number of carbonyl (C=O) groups is 2. The van der Waals surface area contributed by atoms with Crippen molar-refractivity contribution in [3.8, 4) is 0 Å². The van der Waals surface area contributed by atoms with E-state index in [4.69, 9.17) is 0 Å². The van der Waals surface area contributed by atoms with Crippen molar-refractivity contribution in [3.05, 3.63) is 0 Å². The highest BCUT2D eigenvalue weighted by atomic mass is 16.2. The summed E-state index contributed by atoms with van der Waals surface area (Å²) in [7, 11) is 0. The van der Waals surface area contributed by atoms with Gasteiger partial charge in [0.1, 0.15) is 6.04 Å². The minimum Gasteiger partial charge on any atom is -0.350 e. The Balaban J connectivity index is 2.41. The summed E-state index contributed by atoms with van der Waals surface area (Å²) in [5.74, 6) is -0.179. The second-order valence-corrected chi connectivity index (χ2v) is 6.01. The van der Waals surface area contributed by atoms with Gasteiger partial charge in [-0.25, -0.2) is 0 Å². The quantitative estimate of drug-likeness (QED) is 0.684. The van der Waals surface area contributed by atoms with E-state index in [9.17, 15) is 9.59 Å². The zero-order valence-corrected chi connectivity index (χ0v) is 11.8. The van der Waals surface area contributed by atoms with E-state index in [1.54, 1.807) is 6.92 Å². The molecule has 1 unspecified atom stereocenters. The van der Waals surface area contributed by atoms with Crippen molar-refractivity contribution < 1.29 is 9.59 Å². The molecule has 1 aliphatic rings. The van der Waals surface area contributed by atoms with Gasteiger partial charge in [0.15, 0.2) is 0 Å². The molecule has 1 aliphatic heterocycles. The molecule has 1 rings (SSSR count). The van der Waals surface area contributed by atoms with Gasteiger partial charge >= 0.3 is 0 Å². The summed E-state index contributed by atoms with van der Waals surface area (Å²) in [4.78, 5) is 23.8. The average molecular weight is 255 g/mol. The van der Waals surface area contributed by atoms with E-state index in [1.807, 2.05) is 20.8 Å². The summed E-state index contributed by atoms with van der Waals surface area (Å²) in [6.07, 6.45) is 1.91. The number of hydrogen-bond acceptors (Lipinski definition) is 3. The summed E-state index contributed by atoms with van der Waals surface area (Å²) >= 11 is 0. The van der Waals surface area contributed by atoms with Gasteiger partial charge in [-0.05, 0) is 47.1 Å². The highest BCUT2D eigenvalue weighted by Crippen LogP contribution is 2.10. The Morgan fingerprint density at radius 2 is 2.00 bits per heavy atom. The highest BCUT2D eigenvalue weighted by Gasteiger charge is 2.25. The molecular weight excluding hydrogens is 230 g/mol. The van der Waals surface area contributed by atoms with Gasteiger partial charge in [0.25, 0.3) is 0 Å². The predicted molar refractivity (Wildman–Crippen MR) is 71.1 cm³/mol. The molecule has 0 aromatic carbocycles. The van der Waals surface area contributed by atoms with E-state index >= 15 is 0 Å². The summed E-state index contributed by atoms with van der Waals surface area (Å²) in [5, 5.41) is 8.83. The van der Waals surface area contributed by atoms with Crippen molar-refractivity contribution in [2.45, 2.75) is 52.1 Å². The van der Waals surface area contributed by atoms with Crippen LogP contribution in [0.1, 0.15) is 40.5 Å². The Morgan fingerprint density at radius 3 is 2.50 bits per heavy atom. The molecule has 18 heavy (non-hydrogen) atoms. The van der Waals surface area contributed by atoms with Crippen LogP contribution in [-0.4, -0.2) is 36.5 Å². The Morgan fingerprint density at radius 1 is 1.33 bits per heavy atom. The first-order valence-electron chi connectivity index (χ1n) is 6.63. The summed E-state index contributed by atoms with van der Waals surface area (Å²) < 4.78 is 0. The monoisotopic (exact) mass is 255 g/mol. The Bertz CT molecular complexity index is 304. The fourth-order valence-electron chi connectivity index (χ4n) is 1.95. The molecule has 1 saturated heterocycles. The second-order valence-electron chi connectivity index (χ2n) is 6.01. The SMILES string of the molecule is CC(NC(=O)[C@H]1CCCNC1)C(=O)NC(C)(C)C. The van der Waals surface area contributed by atoms with Gasteiger partial charge in [-0.1, -0.05) is 0 Å². The van der Waals surface area contributed by atoms with Crippen molar-refractivity contribution in [2.24, 2.45) is 5.92 Å². The molecule has 2 atom stereocenters. The summed E-state index contributed by atoms with van der Waals surface area (Å²) in [5.41, 5.74) is -0.275. The first-order valence-corrected chi connectivity index (χ1v) is 6.63. The summed E-state index contributed by atoms with van der Waals surface area (Å²) in [6.45, 7) is 9.16. The zero-order chi connectivity index (χ0) is 13.8. The summed E-state index contributed by atoms with van der Waals surface area (Å²) in [6, 6.07) is -0.487. The van der Waals surface area contributed by atoms with Crippen LogP contribution in [0, 0.1) is 5.92 Å². The molecule has 5 nitrogen and oxygen atoms in total. The van der Waals surface area contributed by atoms with E-state index in [0.717, 1.165) is 19.4 Å². The third kappa shape index (κ3) is 5.04. The number of carbonyl (C=O) groups excluding carboxylic acids is 2. The van der Waals surface area contributed by atoms with E-state index in [2.05, 4.69) is 16.0 Å². The van der Waals surface area contributed by atoms with Gasteiger partial charge in [-0.3, -0.25) is 9.59 Å². The van der Waals surface area contributed by atoms with E-state index in [-0.39, 0.29) is 23.3 Å². The lowest BCUT2D eigenvalue weighted by Crippen LogP contribution is -2.52. The molecule has 1 heterocycles. The van der Waals surface area contributed by atoms with Crippen molar-refractivity contribution >= 4 is 11.8 Å². The maximum absolute atomic E-state index is 11.9. The predicted octanol–water partition coefficient (Wildman–Crippen LogP) is 0.405. The number of rotatable bonds is 3. The van der Waals surface area contributed by atoms with Gasteiger partial charge in [0.05, 0.1) is 5.92 Å². The van der Waals surface area contributed by atoms with Gasteiger partial charge in [0.2, 0.25) is 11.8 Å². The van der Waals surface area contributed by atoms with E-state index in [1.165, 1.54) is 0 Å². The Hall–Kier alpha value is -1.10. The molecule has 0 radical (unpaired) electrons. The molecular formula is C13H25N3O2. The molecule has 0 aliphatic carbocycles. The lowest BCUT2D eigenvalue weighted by molar-refractivity contribution is -0.131. The standard InChI is InChI=1S/C13H25N3O2/c1-9(11(17)16-13(2,3)4)15-12(18)10-6-5-7-14-8-10/h9-10,14H,5-8H2,1-4H3,(H,15,18)(H,16,17)/t9?,10-/m0/s1. The molecule has 5 heteroatoms. The fourth-order valence-corrected chi connectivity index (χ4v) is 1.95. The van der Waals surface area contributed by atoms with Crippen molar-refractivity contribution in [1.82, 2.24) is 16.0 Å². The Labute approximate surface area is 109 Å². The molecule has 104 valence electrons. The molecule has 2 amide bonds. The topological polar surface area (TPSA) is 70.2 Å². The minimum absolute atomic E-state index is 0.0105. The number of amides is 2. The Kier molecular flexibility index (Phi) is 5.14. The smallest absolute Gasteiger partial charge is 0.242 e. The first kappa shape index (κ1) is 15.0. The van der Waals surface area contributed by atoms with Crippen LogP contribution in [0.4, 0.5) is 0 Å². The average Bonchev–Trinajstić information content (AvgIpc) is 2.27. The molecule has 0 bridgehead atoms. The molecule has 3 N–H and O–H groups in total. The van der Waals surface area contributed by atoms with Crippen molar-refractivity contribution in [3.63, 3.8) is 0 Å². The van der Waals surface area contributed by atoms with Gasteiger partial charge < -0.3 is 16.0 Å². The maximum atomic E-state index is 11.9.